The molecule has 0 amide bonds. The standard InChI is InChI=1S/C32H26Cl2N6O/c1-38-20-35-18-30(38)32(40-36-13-14-37-40,23-7-10-25(33)11-8-23)24-9-12-29-28(16-24)27(22-3-2-4-26(34)15-22)17-31(41)39(29)19-21-5-6-21/h2-4,7-18,20-21H,5-6,19H2,1H3. The molecular formula is C32H26Cl2N6O. The van der Waals surface area contributed by atoms with Crippen LogP contribution in [-0.2, 0) is 19.1 Å². The average molecular weight is 582 g/mol. The van der Waals surface area contributed by atoms with E-state index in [0.717, 1.165) is 51.7 Å². The first-order valence-corrected chi connectivity index (χ1v) is 14.2. The van der Waals surface area contributed by atoms with E-state index in [4.69, 9.17) is 23.2 Å². The Bertz CT molecular complexity index is 1940. The second kappa shape index (κ2) is 10.0. The zero-order chi connectivity index (χ0) is 28.1. The minimum atomic E-state index is -0.989. The smallest absolute Gasteiger partial charge is 0.251 e. The predicted molar refractivity (Wildman–Crippen MR) is 161 cm³/mol. The molecule has 204 valence electrons. The maximum atomic E-state index is 13.5. The van der Waals surface area contributed by atoms with Crippen molar-refractivity contribution in [2.45, 2.75) is 24.9 Å². The number of pyridine rings is 1. The molecule has 0 radical (unpaired) electrons. The molecule has 6 aromatic rings. The van der Waals surface area contributed by atoms with Gasteiger partial charge in [-0.15, -0.1) is 0 Å². The molecule has 7 nitrogen and oxygen atoms in total. The van der Waals surface area contributed by atoms with Crippen LogP contribution in [0.15, 0.2) is 103 Å². The Balaban J connectivity index is 1.59. The van der Waals surface area contributed by atoms with E-state index in [-0.39, 0.29) is 5.56 Å². The number of rotatable bonds is 7. The molecule has 0 saturated heterocycles. The van der Waals surface area contributed by atoms with Crippen LogP contribution in [0.2, 0.25) is 10.0 Å². The number of hydrogen-bond donors (Lipinski definition) is 0. The van der Waals surface area contributed by atoms with Crippen molar-refractivity contribution in [3.05, 3.63) is 135 Å². The third kappa shape index (κ3) is 4.36. The molecule has 0 spiro atoms. The molecular weight excluding hydrogens is 555 g/mol. The summed E-state index contributed by atoms with van der Waals surface area (Å²) in [6.07, 6.45) is 9.25. The molecule has 1 aliphatic rings. The Morgan fingerprint density at radius 2 is 1.66 bits per heavy atom. The summed E-state index contributed by atoms with van der Waals surface area (Å²) < 4.78 is 3.89. The highest BCUT2D eigenvalue weighted by atomic mass is 35.5. The monoisotopic (exact) mass is 580 g/mol. The van der Waals surface area contributed by atoms with Gasteiger partial charge in [-0.2, -0.15) is 15.0 Å². The topological polar surface area (TPSA) is 70.5 Å². The van der Waals surface area contributed by atoms with E-state index in [2.05, 4.69) is 27.3 Å². The van der Waals surface area contributed by atoms with Crippen molar-refractivity contribution in [3.8, 4) is 11.1 Å². The highest BCUT2D eigenvalue weighted by molar-refractivity contribution is 6.31. The molecule has 1 unspecified atom stereocenters. The lowest BCUT2D eigenvalue weighted by molar-refractivity contribution is 0.386. The van der Waals surface area contributed by atoms with Gasteiger partial charge in [-0.3, -0.25) is 4.79 Å². The fourth-order valence-corrected chi connectivity index (χ4v) is 6.15. The highest BCUT2D eigenvalue weighted by Gasteiger charge is 2.43. The molecule has 1 fully saturated rings. The lowest BCUT2D eigenvalue weighted by Gasteiger charge is -2.34. The van der Waals surface area contributed by atoms with Gasteiger partial charge in [-0.25, -0.2) is 4.98 Å². The van der Waals surface area contributed by atoms with E-state index in [0.29, 0.717) is 22.5 Å². The number of imidazole rings is 1. The first-order chi connectivity index (χ1) is 19.9. The summed E-state index contributed by atoms with van der Waals surface area (Å²) in [5, 5.41) is 11.5. The van der Waals surface area contributed by atoms with E-state index in [1.54, 1.807) is 29.6 Å². The van der Waals surface area contributed by atoms with Gasteiger partial charge in [0.05, 0.1) is 36.1 Å². The van der Waals surface area contributed by atoms with E-state index >= 15 is 0 Å². The number of nitrogens with zero attached hydrogens (tertiary/aromatic N) is 6. The fraction of sp³-hybridized carbons (Fsp3) is 0.188. The summed E-state index contributed by atoms with van der Waals surface area (Å²) in [5.41, 5.74) is 4.27. The number of halogens is 2. The molecule has 0 aliphatic heterocycles. The molecule has 1 saturated carbocycles. The van der Waals surface area contributed by atoms with Gasteiger partial charge in [0.25, 0.3) is 5.56 Å². The van der Waals surface area contributed by atoms with Crippen LogP contribution in [0.5, 0.6) is 0 Å². The summed E-state index contributed by atoms with van der Waals surface area (Å²) >= 11 is 12.8. The van der Waals surface area contributed by atoms with Crippen LogP contribution in [0, 0.1) is 5.92 Å². The number of aryl methyl sites for hydroxylation is 1. The Labute approximate surface area is 246 Å². The third-order valence-electron chi connectivity index (χ3n) is 7.97. The highest BCUT2D eigenvalue weighted by Crippen LogP contribution is 2.42. The quantitative estimate of drug-likeness (QED) is 0.214. The van der Waals surface area contributed by atoms with Crippen molar-refractivity contribution in [1.82, 2.24) is 29.1 Å². The minimum Gasteiger partial charge on any atom is -0.335 e. The molecule has 9 heteroatoms. The van der Waals surface area contributed by atoms with Gasteiger partial charge in [0.2, 0.25) is 0 Å². The van der Waals surface area contributed by atoms with Crippen molar-refractivity contribution in [2.75, 3.05) is 0 Å². The predicted octanol–water partition coefficient (Wildman–Crippen LogP) is 6.55. The number of fused-ring (bicyclic) bond motifs is 1. The number of hydrogen-bond acceptors (Lipinski definition) is 4. The summed E-state index contributed by atoms with van der Waals surface area (Å²) in [5.74, 6) is 0.531. The molecule has 3 aromatic heterocycles. The molecule has 3 heterocycles. The first kappa shape index (κ1) is 25.7. The Morgan fingerprint density at radius 1 is 0.902 bits per heavy atom. The van der Waals surface area contributed by atoms with Crippen molar-refractivity contribution in [1.29, 1.82) is 0 Å². The van der Waals surface area contributed by atoms with Crippen LogP contribution in [0.3, 0.4) is 0 Å². The number of aromatic nitrogens is 6. The summed E-state index contributed by atoms with van der Waals surface area (Å²) in [7, 11) is 1.96. The Morgan fingerprint density at radius 3 is 2.34 bits per heavy atom. The molecule has 0 N–H and O–H groups in total. The molecule has 1 aliphatic carbocycles. The summed E-state index contributed by atoms with van der Waals surface area (Å²) in [6, 6.07) is 23.4. The van der Waals surface area contributed by atoms with E-state index < -0.39 is 5.54 Å². The third-order valence-corrected chi connectivity index (χ3v) is 8.46. The van der Waals surface area contributed by atoms with Crippen LogP contribution in [-0.4, -0.2) is 29.1 Å². The lowest BCUT2D eigenvalue weighted by Crippen LogP contribution is -2.41. The Hall–Kier alpha value is -4.20. The van der Waals surface area contributed by atoms with Crippen molar-refractivity contribution in [3.63, 3.8) is 0 Å². The zero-order valence-electron chi connectivity index (χ0n) is 22.3. The lowest BCUT2D eigenvalue weighted by atomic mass is 9.79. The van der Waals surface area contributed by atoms with Gasteiger partial charge in [0.15, 0.2) is 5.54 Å². The van der Waals surface area contributed by atoms with Gasteiger partial charge in [-0.1, -0.05) is 53.5 Å². The molecule has 0 bridgehead atoms. The van der Waals surface area contributed by atoms with Gasteiger partial charge in [-0.05, 0) is 77.4 Å². The number of benzene rings is 3. The van der Waals surface area contributed by atoms with Crippen molar-refractivity contribution >= 4 is 34.1 Å². The largest absolute Gasteiger partial charge is 0.335 e. The normalized spacial score (nSPS) is 14.8. The van der Waals surface area contributed by atoms with E-state index in [1.165, 1.54) is 0 Å². The van der Waals surface area contributed by atoms with Crippen molar-refractivity contribution < 1.29 is 0 Å². The Kier molecular flexibility index (Phi) is 6.29. The van der Waals surface area contributed by atoms with E-state index in [1.807, 2.05) is 77.0 Å². The van der Waals surface area contributed by atoms with Crippen LogP contribution >= 0.6 is 23.2 Å². The second-order valence-corrected chi connectivity index (χ2v) is 11.5. The summed E-state index contributed by atoms with van der Waals surface area (Å²) in [6.45, 7) is 0.704. The fourth-order valence-electron chi connectivity index (χ4n) is 5.83. The summed E-state index contributed by atoms with van der Waals surface area (Å²) in [4.78, 5) is 19.7. The molecule has 3 aromatic carbocycles. The van der Waals surface area contributed by atoms with Crippen LogP contribution in [0.1, 0.15) is 29.7 Å². The minimum absolute atomic E-state index is 0.0172. The molecule has 1 atom stereocenters. The van der Waals surface area contributed by atoms with Crippen LogP contribution < -0.4 is 5.56 Å². The van der Waals surface area contributed by atoms with Crippen molar-refractivity contribution in [2.24, 2.45) is 13.0 Å². The maximum Gasteiger partial charge on any atom is 0.251 e. The van der Waals surface area contributed by atoms with Gasteiger partial charge in [0.1, 0.15) is 0 Å². The van der Waals surface area contributed by atoms with Crippen LogP contribution in [0.4, 0.5) is 0 Å². The van der Waals surface area contributed by atoms with Gasteiger partial charge in [0, 0.05) is 35.1 Å². The van der Waals surface area contributed by atoms with Crippen LogP contribution in [0.25, 0.3) is 22.0 Å². The first-order valence-electron chi connectivity index (χ1n) is 13.5. The zero-order valence-corrected chi connectivity index (χ0v) is 23.8. The molecule has 7 rings (SSSR count). The van der Waals surface area contributed by atoms with Gasteiger partial charge < -0.3 is 9.13 Å². The second-order valence-electron chi connectivity index (χ2n) is 10.6. The van der Waals surface area contributed by atoms with E-state index in [9.17, 15) is 4.79 Å². The van der Waals surface area contributed by atoms with Gasteiger partial charge >= 0.3 is 0 Å². The average Bonchev–Trinajstić information content (AvgIpc) is 3.42. The maximum absolute atomic E-state index is 13.5. The molecule has 41 heavy (non-hydrogen) atoms. The SMILES string of the molecule is Cn1cncc1C(c1ccc(Cl)cc1)(c1ccc2c(c1)c(-c1cccc(Cl)c1)cc(=O)n2CC1CC1)n1nccn1.